The lowest BCUT2D eigenvalue weighted by Gasteiger charge is -2.14. The van der Waals surface area contributed by atoms with Crippen molar-refractivity contribution in [3.8, 4) is 0 Å². The lowest BCUT2D eigenvalue weighted by Crippen LogP contribution is -2.30. The van der Waals surface area contributed by atoms with Gasteiger partial charge < -0.3 is 10.1 Å². The van der Waals surface area contributed by atoms with Crippen LogP contribution in [0.2, 0.25) is 10.0 Å². The van der Waals surface area contributed by atoms with Gasteiger partial charge in [0.1, 0.15) is 0 Å². The molecule has 130 valence electrons. The molecule has 1 amide bonds. The van der Waals surface area contributed by atoms with E-state index in [2.05, 4.69) is 5.32 Å². The molecule has 5 nitrogen and oxygen atoms in total. The highest BCUT2D eigenvalue weighted by atomic mass is 35.5. The standard InChI is InChI=1S/C18H15Cl2NO4/c1-10(22)12-3-6-14(7-4-12)21-17(23)11(2)25-18(24)15-8-5-13(19)9-16(15)20/h3-9,11H,1-2H3,(H,21,23). The number of ether oxygens (including phenoxy) is 1. The van der Waals surface area contributed by atoms with E-state index in [1.807, 2.05) is 0 Å². The maximum absolute atomic E-state index is 12.1. The zero-order valence-corrected chi connectivity index (χ0v) is 15.0. The minimum atomic E-state index is -1.04. The lowest BCUT2D eigenvalue weighted by atomic mass is 10.1. The summed E-state index contributed by atoms with van der Waals surface area (Å²) in [5.74, 6) is -1.30. The topological polar surface area (TPSA) is 72.5 Å². The van der Waals surface area contributed by atoms with Crippen LogP contribution in [0.3, 0.4) is 0 Å². The first-order valence-corrected chi connectivity index (χ1v) is 8.11. The van der Waals surface area contributed by atoms with E-state index in [-0.39, 0.29) is 16.4 Å². The second kappa shape index (κ2) is 8.14. The summed E-state index contributed by atoms with van der Waals surface area (Å²) < 4.78 is 5.12. The fraction of sp³-hybridized carbons (Fsp3) is 0.167. The van der Waals surface area contributed by atoms with Crippen LogP contribution in [0.15, 0.2) is 42.5 Å². The summed E-state index contributed by atoms with van der Waals surface area (Å²) in [7, 11) is 0. The van der Waals surface area contributed by atoms with Crippen molar-refractivity contribution in [2.75, 3.05) is 5.32 Å². The number of carbonyl (C=O) groups is 3. The highest BCUT2D eigenvalue weighted by molar-refractivity contribution is 6.36. The molecule has 1 unspecified atom stereocenters. The van der Waals surface area contributed by atoms with Gasteiger partial charge in [-0.1, -0.05) is 23.2 Å². The Morgan fingerprint density at radius 1 is 1.04 bits per heavy atom. The number of rotatable bonds is 5. The quantitative estimate of drug-likeness (QED) is 0.617. The molecule has 0 heterocycles. The zero-order chi connectivity index (χ0) is 18.6. The minimum absolute atomic E-state index is 0.0694. The van der Waals surface area contributed by atoms with Crippen molar-refractivity contribution in [2.24, 2.45) is 0 Å². The Morgan fingerprint density at radius 2 is 1.68 bits per heavy atom. The highest BCUT2D eigenvalue weighted by Crippen LogP contribution is 2.22. The first-order valence-electron chi connectivity index (χ1n) is 7.36. The molecule has 0 aromatic heterocycles. The van der Waals surface area contributed by atoms with Crippen LogP contribution in [0.5, 0.6) is 0 Å². The van der Waals surface area contributed by atoms with Crippen LogP contribution in [-0.4, -0.2) is 23.8 Å². The molecular weight excluding hydrogens is 365 g/mol. The number of anilines is 1. The number of amides is 1. The average Bonchev–Trinajstić information content (AvgIpc) is 2.55. The van der Waals surface area contributed by atoms with E-state index in [4.69, 9.17) is 27.9 Å². The number of benzene rings is 2. The van der Waals surface area contributed by atoms with Crippen LogP contribution in [0.4, 0.5) is 5.69 Å². The monoisotopic (exact) mass is 379 g/mol. The van der Waals surface area contributed by atoms with Crippen LogP contribution in [0.25, 0.3) is 0 Å². The maximum Gasteiger partial charge on any atom is 0.340 e. The van der Waals surface area contributed by atoms with Crippen molar-refractivity contribution in [3.05, 3.63) is 63.6 Å². The van der Waals surface area contributed by atoms with Crippen LogP contribution >= 0.6 is 23.2 Å². The second-order valence-electron chi connectivity index (χ2n) is 5.29. The zero-order valence-electron chi connectivity index (χ0n) is 13.5. The Hall–Kier alpha value is -2.37. The molecule has 0 aliphatic rings. The Bertz CT molecular complexity index is 818. The van der Waals surface area contributed by atoms with Gasteiger partial charge in [-0.25, -0.2) is 4.79 Å². The van der Waals surface area contributed by atoms with Gasteiger partial charge in [0.05, 0.1) is 10.6 Å². The van der Waals surface area contributed by atoms with Gasteiger partial charge >= 0.3 is 5.97 Å². The SMILES string of the molecule is CC(=O)c1ccc(NC(=O)C(C)OC(=O)c2ccc(Cl)cc2Cl)cc1. The normalized spacial score (nSPS) is 11.5. The molecule has 0 saturated heterocycles. The van der Waals surface area contributed by atoms with E-state index in [0.717, 1.165) is 0 Å². The second-order valence-corrected chi connectivity index (χ2v) is 6.14. The first-order chi connectivity index (χ1) is 11.8. The fourth-order valence-corrected chi connectivity index (χ4v) is 2.45. The summed E-state index contributed by atoms with van der Waals surface area (Å²) in [4.78, 5) is 35.5. The number of hydrogen-bond acceptors (Lipinski definition) is 4. The molecule has 0 radical (unpaired) electrons. The van der Waals surface area contributed by atoms with Crippen molar-refractivity contribution in [1.29, 1.82) is 0 Å². The van der Waals surface area contributed by atoms with Crippen molar-refractivity contribution in [3.63, 3.8) is 0 Å². The fourth-order valence-electron chi connectivity index (χ4n) is 1.96. The number of esters is 1. The Morgan fingerprint density at radius 3 is 2.24 bits per heavy atom. The molecule has 0 fully saturated rings. The number of Topliss-reactive ketones (excluding diaryl/α,β-unsaturated/α-hetero) is 1. The average molecular weight is 380 g/mol. The van der Waals surface area contributed by atoms with Gasteiger partial charge in [-0.15, -0.1) is 0 Å². The van der Waals surface area contributed by atoms with Gasteiger partial charge in [-0.2, -0.15) is 0 Å². The third-order valence-corrected chi connectivity index (χ3v) is 3.91. The largest absolute Gasteiger partial charge is 0.449 e. The van der Waals surface area contributed by atoms with E-state index < -0.39 is 18.0 Å². The van der Waals surface area contributed by atoms with E-state index in [9.17, 15) is 14.4 Å². The van der Waals surface area contributed by atoms with Crippen molar-refractivity contribution in [1.82, 2.24) is 0 Å². The Labute approximate surface area is 154 Å². The smallest absolute Gasteiger partial charge is 0.340 e. The number of halogens is 2. The molecular formula is C18H15Cl2NO4. The van der Waals surface area contributed by atoms with Crippen LogP contribution < -0.4 is 5.32 Å². The summed E-state index contributed by atoms with van der Waals surface area (Å²) in [6.45, 7) is 2.90. The Balaban J connectivity index is 1.99. The van der Waals surface area contributed by atoms with Crippen molar-refractivity contribution < 1.29 is 19.1 Å². The molecule has 2 rings (SSSR count). The lowest BCUT2D eigenvalue weighted by molar-refractivity contribution is -0.123. The molecule has 1 atom stereocenters. The van der Waals surface area contributed by atoms with Crippen LogP contribution in [0.1, 0.15) is 34.6 Å². The molecule has 0 saturated carbocycles. The summed E-state index contributed by atoms with van der Waals surface area (Å²) in [5, 5.41) is 3.14. The highest BCUT2D eigenvalue weighted by Gasteiger charge is 2.20. The third kappa shape index (κ3) is 5.05. The van der Waals surface area contributed by atoms with E-state index >= 15 is 0 Å². The van der Waals surface area contributed by atoms with E-state index in [0.29, 0.717) is 16.3 Å². The molecule has 0 aliphatic heterocycles. The molecule has 0 spiro atoms. The summed E-state index contributed by atoms with van der Waals surface area (Å²) >= 11 is 11.7. The van der Waals surface area contributed by atoms with Gasteiger partial charge in [0, 0.05) is 16.3 Å². The van der Waals surface area contributed by atoms with Gasteiger partial charge in [0.2, 0.25) is 0 Å². The van der Waals surface area contributed by atoms with Gasteiger partial charge in [0.15, 0.2) is 11.9 Å². The van der Waals surface area contributed by atoms with Crippen molar-refractivity contribution >= 4 is 46.5 Å². The van der Waals surface area contributed by atoms with E-state index in [1.165, 1.54) is 32.0 Å². The number of ketones is 1. The first kappa shape index (κ1) is 19.0. The summed E-state index contributed by atoms with van der Waals surface area (Å²) in [5.41, 5.74) is 1.15. The summed E-state index contributed by atoms with van der Waals surface area (Å²) in [6.07, 6.45) is -1.04. The molecule has 1 N–H and O–H groups in total. The van der Waals surface area contributed by atoms with Crippen molar-refractivity contribution in [2.45, 2.75) is 20.0 Å². The maximum atomic E-state index is 12.1. The molecule has 0 bridgehead atoms. The molecule has 2 aromatic rings. The Kier molecular flexibility index (Phi) is 6.17. The third-order valence-electron chi connectivity index (χ3n) is 3.36. The predicted molar refractivity (Wildman–Crippen MR) is 96.4 cm³/mol. The minimum Gasteiger partial charge on any atom is -0.449 e. The number of carbonyl (C=O) groups excluding carboxylic acids is 3. The molecule has 7 heteroatoms. The molecule has 0 aliphatic carbocycles. The van der Waals surface area contributed by atoms with Gasteiger partial charge in [-0.05, 0) is 56.3 Å². The van der Waals surface area contributed by atoms with Gasteiger partial charge in [0.25, 0.3) is 5.91 Å². The van der Waals surface area contributed by atoms with Crippen LogP contribution in [0, 0.1) is 0 Å². The number of hydrogen-bond donors (Lipinski definition) is 1. The van der Waals surface area contributed by atoms with E-state index in [1.54, 1.807) is 24.3 Å². The van der Waals surface area contributed by atoms with Gasteiger partial charge in [-0.3, -0.25) is 9.59 Å². The molecule has 2 aromatic carbocycles. The number of nitrogens with one attached hydrogen (secondary N) is 1. The van der Waals surface area contributed by atoms with Crippen LogP contribution in [-0.2, 0) is 9.53 Å². The summed E-state index contributed by atoms with van der Waals surface area (Å²) in [6, 6.07) is 10.7. The molecule has 25 heavy (non-hydrogen) atoms. The predicted octanol–water partition coefficient (Wildman–Crippen LogP) is 4.38.